The van der Waals surface area contributed by atoms with E-state index in [-0.39, 0.29) is 17.7 Å². The number of carbonyl (C=O) groups is 2. The first kappa shape index (κ1) is 19.8. The second-order valence-electron chi connectivity index (χ2n) is 8.18. The third-order valence-electron chi connectivity index (χ3n) is 6.17. The van der Waals surface area contributed by atoms with Crippen LogP contribution in [-0.4, -0.2) is 34.8 Å². The first-order chi connectivity index (χ1) is 13.2. The Morgan fingerprint density at radius 3 is 2.56 bits per heavy atom. The Morgan fingerprint density at radius 1 is 1.19 bits per heavy atom. The molecule has 2 fully saturated rings. The summed E-state index contributed by atoms with van der Waals surface area (Å²) in [5, 5.41) is 2.89. The number of pyridine rings is 1. The molecule has 5 heteroatoms. The molecule has 0 spiro atoms. The van der Waals surface area contributed by atoms with Crippen LogP contribution in [0.5, 0.6) is 0 Å². The Balaban J connectivity index is 1.49. The monoisotopic (exact) mass is 371 g/mol. The van der Waals surface area contributed by atoms with Gasteiger partial charge in [-0.1, -0.05) is 45.1 Å². The minimum absolute atomic E-state index is 0.0249. The molecule has 2 amide bonds. The first-order valence-corrected chi connectivity index (χ1v) is 10.7. The maximum absolute atomic E-state index is 13.1. The van der Waals surface area contributed by atoms with Gasteiger partial charge in [0.05, 0.1) is 0 Å². The van der Waals surface area contributed by atoms with Crippen LogP contribution in [0.4, 0.5) is 5.82 Å². The van der Waals surface area contributed by atoms with E-state index >= 15 is 0 Å². The highest BCUT2D eigenvalue weighted by molar-refractivity contribution is 5.91. The topological polar surface area (TPSA) is 62.3 Å². The lowest BCUT2D eigenvalue weighted by molar-refractivity contribution is -0.139. The number of carbonyl (C=O) groups excluding carboxylic acids is 2. The second kappa shape index (κ2) is 9.86. The number of hydrogen-bond acceptors (Lipinski definition) is 3. The van der Waals surface area contributed by atoms with Gasteiger partial charge in [-0.2, -0.15) is 0 Å². The number of nitrogens with zero attached hydrogens (tertiary/aromatic N) is 2. The van der Waals surface area contributed by atoms with E-state index in [4.69, 9.17) is 0 Å². The average Bonchev–Trinajstić information content (AvgIpc) is 3.21. The molecule has 0 aromatic carbocycles. The molecule has 5 nitrogen and oxygen atoms in total. The van der Waals surface area contributed by atoms with E-state index in [9.17, 15) is 9.59 Å². The van der Waals surface area contributed by atoms with Crippen molar-refractivity contribution in [2.24, 2.45) is 17.8 Å². The Hall–Kier alpha value is -1.91. The van der Waals surface area contributed by atoms with E-state index in [1.165, 1.54) is 25.7 Å². The molecule has 0 unspecified atom stereocenters. The molecule has 1 atom stereocenters. The van der Waals surface area contributed by atoms with Crippen molar-refractivity contribution < 1.29 is 9.59 Å². The number of likely N-dealkylation sites (tertiary alicyclic amines) is 1. The maximum Gasteiger partial charge on any atom is 0.228 e. The number of hydrogen-bond donors (Lipinski definition) is 1. The summed E-state index contributed by atoms with van der Waals surface area (Å²) >= 11 is 0. The van der Waals surface area contributed by atoms with Crippen LogP contribution in [0.15, 0.2) is 24.4 Å². The van der Waals surface area contributed by atoms with E-state index in [0.29, 0.717) is 24.8 Å². The zero-order chi connectivity index (χ0) is 19.1. The van der Waals surface area contributed by atoms with Gasteiger partial charge in [-0.05, 0) is 43.7 Å². The molecular formula is C22H33N3O2. The van der Waals surface area contributed by atoms with E-state index in [1.54, 1.807) is 12.3 Å². The molecule has 1 saturated heterocycles. The Labute approximate surface area is 162 Å². The molecule has 0 bridgehead atoms. The second-order valence-corrected chi connectivity index (χ2v) is 8.18. The molecule has 27 heavy (non-hydrogen) atoms. The molecule has 2 heterocycles. The van der Waals surface area contributed by atoms with Crippen molar-refractivity contribution in [3.05, 3.63) is 24.4 Å². The van der Waals surface area contributed by atoms with Crippen molar-refractivity contribution in [2.45, 2.75) is 64.7 Å². The quantitative estimate of drug-likeness (QED) is 0.779. The summed E-state index contributed by atoms with van der Waals surface area (Å²) in [5.74, 6) is 1.84. The van der Waals surface area contributed by atoms with E-state index in [1.807, 2.05) is 17.0 Å². The minimum Gasteiger partial charge on any atom is -0.342 e. The lowest BCUT2D eigenvalue weighted by Crippen LogP contribution is -2.44. The summed E-state index contributed by atoms with van der Waals surface area (Å²) in [4.78, 5) is 31.7. The summed E-state index contributed by atoms with van der Waals surface area (Å²) in [6.07, 6.45) is 11.5. The summed E-state index contributed by atoms with van der Waals surface area (Å²) in [6.45, 7) is 3.57. The van der Waals surface area contributed by atoms with E-state index < -0.39 is 0 Å². The van der Waals surface area contributed by atoms with Crippen LogP contribution in [0.2, 0.25) is 0 Å². The molecule has 3 rings (SSSR count). The average molecular weight is 372 g/mol. The van der Waals surface area contributed by atoms with Crippen LogP contribution in [0.25, 0.3) is 0 Å². The Morgan fingerprint density at radius 2 is 1.93 bits per heavy atom. The smallest absolute Gasteiger partial charge is 0.228 e. The summed E-state index contributed by atoms with van der Waals surface area (Å²) in [5.41, 5.74) is 0. The molecule has 1 N–H and O–H groups in total. The molecule has 1 aliphatic carbocycles. The predicted octanol–water partition coefficient (Wildman–Crippen LogP) is 4.26. The van der Waals surface area contributed by atoms with Crippen LogP contribution in [-0.2, 0) is 9.59 Å². The number of amides is 2. The van der Waals surface area contributed by atoms with Crippen LogP contribution < -0.4 is 5.32 Å². The molecule has 1 aliphatic heterocycles. The standard InChI is InChI=1S/C22H33N3O2/c1-2-7-19(16-17-8-3-4-9-17)22(27)25-14-11-18(12-15-25)21(26)24-20-10-5-6-13-23-20/h5-6,10,13,17-19H,2-4,7-9,11-12,14-16H2,1H3,(H,23,24,26)/t19-/m1/s1. The zero-order valence-electron chi connectivity index (χ0n) is 16.5. The molecule has 1 saturated carbocycles. The van der Waals surface area contributed by atoms with Gasteiger partial charge in [0, 0.05) is 31.1 Å². The zero-order valence-corrected chi connectivity index (χ0v) is 16.5. The molecule has 148 valence electrons. The number of aromatic nitrogens is 1. The minimum atomic E-state index is -0.0319. The highest BCUT2D eigenvalue weighted by Gasteiger charge is 2.32. The van der Waals surface area contributed by atoms with Crippen molar-refractivity contribution in [2.75, 3.05) is 18.4 Å². The lowest BCUT2D eigenvalue weighted by Gasteiger charge is -2.34. The lowest BCUT2D eigenvalue weighted by atomic mass is 9.88. The summed E-state index contributed by atoms with van der Waals surface area (Å²) in [6, 6.07) is 5.50. The SMILES string of the molecule is CCC[C@H](CC1CCCC1)C(=O)N1CCC(C(=O)Nc2ccccn2)CC1. The third-order valence-corrected chi connectivity index (χ3v) is 6.17. The number of rotatable bonds is 7. The highest BCUT2D eigenvalue weighted by Crippen LogP contribution is 2.33. The Kier molecular flexibility index (Phi) is 7.25. The summed E-state index contributed by atoms with van der Waals surface area (Å²) < 4.78 is 0. The molecule has 1 aromatic rings. The number of nitrogens with one attached hydrogen (secondary N) is 1. The largest absolute Gasteiger partial charge is 0.342 e. The van der Waals surface area contributed by atoms with Gasteiger partial charge in [-0.15, -0.1) is 0 Å². The van der Waals surface area contributed by atoms with Gasteiger partial charge in [0.25, 0.3) is 0 Å². The van der Waals surface area contributed by atoms with Crippen molar-refractivity contribution in [3.8, 4) is 0 Å². The highest BCUT2D eigenvalue weighted by atomic mass is 16.2. The first-order valence-electron chi connectivity index (χ1n) is 10.7. The van der Waals surface area contributed by atoms with Crippen molar-refractivity contribution in [1.29, 1.82) is 0 Å². The predicted molar refractivity (Wildman–Crippen MR) is 107 cm³/mol. The molecular weight excluding hydrogens is 338 g/mol. The van der Waals surface area contributed by atoms with E-state index in [0.717, 1.165) is 38.0 Å². The Bertz CT molecular complexity index is 605. The van der Waals surface area contributed by atoms with E-state index in [2.05, 4.69) is 17.2 Å². The van der Waals surface area contributed by atoms with Gasteiger partial charge in [-0.25, -0.2) is 4.98 Å². The molecule has 2 aliphatic rings. The van der Waals surface area contributed by atoms with Gasteiger partial charge >= 0.3 is 0 Å². The number of piperidine rings is 1. The van der Waals surface area contributed by atoms with Crippen LogP contribution >= 0.6 is 0 Å². The fourth-order valence-electron chi connectivity index (χ4n) is 4.62. The normalized spacial score (nSPS) is 19.8. The fourth-order valence-corrected chi connectivity index (χ4v) is 4.62. The number of anilines is 1. The van der Waals surface area contributed by atoms with Gasteiger partial charge in [0.15, 0.2) is 0 Å². The maximum atomic E-state index is 13.1. The van der Waals surface area contributed by atoms with Crippen molar-refractivity contribution in [1.82, 2.24) is 9.88 Å². The van der Waals surface area contributed by atoms with Gasteiger partial charge in [-0.3, -0.25) is 9.59 Å². The van der Waals surface area contributed by atoms with Gasteiger partial charge < -0.3 is 10.2 Å². The summed E-state index contributed by atoms with van der Waals surface area (Å²) in [7, 11) is 0. The fraction of sp³-hybridized carbons (Fsp3) is 0.682. The van der Waals surface area contributed by atoms with Gasteiger partial charge in [0.2, 0.25) is 11.8 Å². The molecule has 0 radical (unpaired) electrons. The van der Waals surface area contributed by atoms with Gasteiger partial charge in [0.1, 0.15) is 5.82 Å². The third kappa shape index (κ3) is 5.53. The van der Waals surface area contributed by atoms with Crippen molar-refractivity contribution in [3.63, 3.8) is 0 Å². The van der Waals surface area contributed by atoms with Crippen LogP contribution in [0.1, 0.15) is 64.7 Å². The van der Waals surface area contributed by atoms with Crippen molar-refractivity contribution >= 4 is 17.6 Å². The molecule has 1 aromatic heterocycles. The van der Waals surface area contributed by atoms with Crippen LogP contribution in [0, 0.1) is 17.8 Å². The van der Waals surface area contributed by atoms with Crippen LogP contribution in [0.3, 0.4) is 0 Å².